The maximum atomic E-state index is 11.4. The van der Waals surface area contributed by atoms with Gasteiger partial charge in [0.05, 0.1) is 49.9 Å². The van der Waals surface area contributed by atoms with Crippen LogP contribution in [0.2, 0.25) is 10.0 Å². The van der Waals surface area contributed by atoms with Gasteiger partial charge in [-0.3, -0.25) is 4.98 Å². The van der Waals surface area contributed by atoms with Crippen LogP contribution in [0.4, 0.5) is 0 Å². The van der Waals surface area contributed by atoms with Gasteiger partial charge in [-0.2, -0.15) is 0 Å². The number of aromatic carboxylic acids is 1. The summed E-state index contributed by atoms with van der Waals surface area (Å²) in [7, 11) is 0. The van der Waals surface area contributed by atoms with Crippen LogP contribution in [-0.4, -0.2) is 47.2 Å². The molecule has 4 aromatic rings. The molecule has 37 heavy (non-hydrogen) atoms. The molecule has 0 bridgehead atoms. The van der Waals surface area contributed by atoms with Crippen molar-refractivity contribution in [3.63, 3.8) is 0 Å². The Labute approximate surface area is 226 Å². The van der Waals surface area contributed by atoms with Crippen LogP contribution in [0.15, 0.2) is 30.6 Å². The molecular weight excluding hydrogens is 537 g/mol. The third-order valence-electron chi connectivity index (χ3n) is 7.05. The van der Waals surface area contributed by atoms with Gasteiger partial charge >= 0.3 is 5.97 Å². The summed E-state index contributed by atoms with van der Waals surface area (Å²) in [6.07, 6.45) is 7.44. The Morgan fingerprint density at radius 1 is 1.16 bits per heavy atom. The predicted octanol–water partition coefficient (Wildman–Crippen LogP) is 5.50. The van der Waals surface area contributed by atoms with E-state index in [1.165, 1.54) is 29.8 Å². The fourth-order valence-corrected chi connectivity index (χ4v) is 6.49. The third kappa shape index (κ3) is 4.72. The lowest BCUT2D eigenvalue weighted by molar-refractivity contribution is -0.0648. The van der Waals surface area contributed by atoms with E-state index in [-0.39, 0.29) is 11.7 Å². The summed E-state index contributed by atoms with van der Waals surface area (Å²) < 4.78 is 8.73. The van der Waals surface area contributed by atoms with Gasteiger partial charge in [-0.25, -0.2) is 14.5 Å². The van der Waals surface area contributed by atoms with E-state index in [1.807, 2.05) is 0 Å². The molecule has 0 saturated heterocycles. The van der Waals surface area contributed by atoms with Gasteiger partial charge < -0.3 is 14.9 Å². The van der Waals surface area contributed by atoms with E-state index in [1.54, 1.807) is 16.8 Å². The van der Waals surface area contributed by atoms with Crippen LogP contribution in [0.1, 0.15) is 71.2 Å². The topological polar surface area (TPSA) is 123 Å². The van der Waals surface area contributed by atoms with Gasteiger partial charge in [0.15, 0.2) is 0 Å². The van der Waals surface area contributed by atoms with Gasteiger partial charge in [-0.1, -0.05) is 28.4 Å². The smallest absolute Gasteiger partial charge is 0.335 e. The summed E-state index contributed by atoms with van der Waals surface area (Å²) in [5, 5.41) is 30.8. The molecule has 0 atom stereocenters. The van der Waals surface area contributed by atoms with E-state index in [9.17, 15) is 15.0 Å². The molecule has 9 nitrogen and oxygen atoms in total. The molecule has 192 valence electrons. The summed E-state index contributed by atoms with van der Waals surface area (Å²) in [6, 6.07) is 4.82. The average Bonchev–Trinajstić information content (AvgIpc) is 3.49. The number of hydrogen-bond acceptors (Lipinski definition) is 8. The van der Waals surface area contributed by atoms with Gasteiger partial charge in [-0.15, -0.1) is 16.4 Å². The highest BCUT2D eigenvalue weighted by molar-refractivity contribution is 7.18. The first-order chi connectivity index (χ1) is 17.8. The molecule has 0 aliphatic heterocycles. The van der Waals surface area contributed by atoms with Crippen LogP contribution < -0.4 is 0 Å². The Bertz CT molecular complexity index is 1470. The standard InChI is InChI=1S/C25H23Cl2N5O4S/c26-16-10-28-11-17(27)22(16)32-19(21(30-31-32)13-1-2-13)12-36-15-5-7-25(35,8-6-15)24-29-18-4-3-14(23(33)34)9-20(18)37-24/h3-4,9-11,13,15,35H,1-2,5-8,12H2,(H,33,34). The Kier molecular flexibility index (Phi) is 6.40. The summed E-state index contributed by atoms with van der Waals surface area (Å²) in [6.45, 7) is 0.302. The molecule has 1 aromatic carbocycles. The van der Waals surface area contributed by atoms with Crippen molar-refractivity contribution >= 4 is 50.7 Å². The van der Waals surface area contributed by atoms with E-state index >= 15 is 0 Å². The monoisotopic (exact) mass is 559 g/mol. The molecule has 3 aromatic heterocycles. The maximum Gasteiger partial charge on any atom is 0.335 e. The van der Waals surface area contributed by atoms with E-state index < -0.39 is 11.6 Å². The largest absolute Gasteiger partial charge is 0.478 e. The maximum absolute atomic E-state index is 11.4. The number of aliphatic hydroxyl groups is 1. The van der Waals surface area contributed by atoms with Crippen LogP contribution in [0.5, 0.6) is 0 Å². The lowest BCUT2D eigenvalue weighted by Gasteiger charge is -2.34. The Morgan fingerprint density at radius 2 is 1.89 bits per heavy atom. The van der Waals surface area contributed by atoms with Crippen molar-refractivity contribution in [3.8, 4) is 5.69 Å². The SMILES string of the molecule is O=C(O)c1ccc2nc(C3(O)CCC(OCc4c(C5CC5)nnn4-c4c(Cl)cncc4Cl)CC3)sc2c1. The normalized spacial score (nSPS) is 22.0. The molecule has 2 saturated carbocycles. The molecule has 2 N–H and O–H groups in total. The van der Waals surface area contributed by atoms with Crippen molar-refractivity contribution in [1.29, 1.82) is 0 Å². The van der Waals surface area contributed by atoms with Crippen LogP contribution in [0, 0.1) is 0 Å². The van der Waals surface area contributed by atoms with E-state index in [2.05, 4.69) is 20.3 Å². The highest BCUT2D eigenvalue weighted by atomic mass is 35.5. The summed E-state index contributed by atoms with van der Waals surface area (Å²) in [5.41, 5.74) is 2.12. The Hall–Kier alpha value is -2.63. The lowest BCUT2D eigenvalue weighted by Crippen LogP contribution is -2.34. The van der Waals surface area contributed by atoms with Gasteiger partial charge in [0.2, 0.25) is 0 Å². The first kappa shape index (κ1) is 24.7. The summed E-state index contributed by atoms with van der Waals surface area (Å²) in [5.74, 6) is -0.619. The molecule has 0 amide bonds. The predicted molar refractivity (Wildman–Crippen MR) is 139 cm³/mol. The quantitative estimate of drug-likeness (QED) is 0.304. The number of carboxylic acid groups (broad SMARTS) is 1. The van der Waals surface area contributed by atoms with Gasteiger partial charge in [0.25, 0.3) is 0 Å². The number of halogens is 2. The third-order valence-corrected chi connectivity index (χ3v) is 8.81. The molecule has 12 heteroatoms. The van der Waals surface area contributed by atoms with Crippen LogP contribution >= 0.6 is 34.5 Å². The fourth-order valence-electron chi connectivity index (χ4n) is 4.81. The van der Waals surface area contributed by atoms with Gasteiger partial charge in [0, 0.05) is 18.3 Å². The second kappa shape index (κ2) is 9.59. The van der Waals surface area contributed by atoms with Gasteiger partial charge in [-0.05, 0) is 56.7 Å². The number of carboxylic acids is 1. The fraction of sp³-hybridized carbons (Fsp3) is 0.400. The summed E-state index contributed by atoms with van der Waals surface area (Å²) >= 11 is 14.1. The molecule has 0 radical (unpaired) electrons. The molecular formula is C25H23Cl2N5O4S. The molecule has 6 rings (SSSR count). The molecule has 2 aliphatic rings. The van der Waals surface area contributed by atoms with Crippen LogP contribution in [0.3, 0.4) is 0 Å². The number of thiazole rings is 1. The zero-order chi connectivity index (χ0) is 25.7. The number of ether oxygens (including phenoxy) is 1. The number of nitrogens with zero attached hydrogens (tertiary/aromatic N) is 5. The highest BCUT2D eigenvalue weighted by Gasteiger charge is 2.38. The Balaban J connectivity index is 1.17. The number of aromatic nitrogens is 5. The number of pyridine rings is 1. The number of carbonyl (C=O) groups is 1. The van der Waals surface area contributed by atoms with Crippen molar-refractivity contribution in [2.45, 2.75) is 62.8 Å². The van der Waals surface area contributed by atoms with Gasteiger partial charge in [0.1, 0.15) is 16.3 Å². The highest BCUT2D eigenvalue weighted by Crippen LogP contribution is 2.43. The van der Waals surface area contributed by atoms with E-state index in [4.69, 9.17) is 27.9 Å². The van der Waals surface area contributed by atoms with E-state index in [0.717, 1.165) is 28.9 Å². The summed E-state index contributed by atoms with van der Waals surface area (Å²) in [4.78, 5) is 19.9. The number of hydrogen-bond donors (Lipinski definition) is 2. The number of fused-ring (bicyclic) bond motifs is 1. The first-order valence-electron chi connectivity index (χ1n) is 12.0. The minimum absolute atomic E-state index is 0.0490. The zero-order valence-corrected chi connectivity index (χ0v) is 21.9. The van der Waals surface area contributed by atoms with Crippen molar-refractivity contribution in [3.05, 3.63) is 62.6 Å². The van der Waals surface area contributed by atoms with Crippen LogP contribution in [-0.2, 0) is 16.9 Å². The van der Waals surface area contributed by atoms with Crippen molar-refractivity contribution < 1.29 is 19.7 Å². The minimum atomic E-state index is -1.06. The lowest BCUT2D eigenvalue weighted by atomic mass is 9.83. The molecule has 2 fully saturated rings. The number of rotatable bonds is 7. The Morgan fingerprint density at radius 3 is 2.57 bits per heavy atom. The molecule has 3 heterocycles. The zero-order valence-electron chi connectivity index (χ0n) is 19.6. The molecule has 0 unspecified atom stereocenters. The number of benzene rings is 1. The van der Waals surface area contributed by atoms with Crippen molar-refractivity contribution in [1.82, 2.24) is 25.0 Å². The van der Waals surface area contributed by atoms with Crippen LogP contribution in [0.25, 0.3) is 15.9 Å². The van der Waals surface area contributed by atoms with Crippen molar-refractivity contribution in [2.24, 2.45) is 0 Å². The molecule has 0 spiro atoms. The second-order valence-electron chi connectivity index (χ2n) is 9.61. The van der Waals surface area contributed by atoms with Crippen molar-refractivity contribution in [2.75, 3.05) is 0 Å². The average molecular weight is 560 g/mol. The first-order valence-corrected chi connectivity index (χ1v) is 13.6. The molecule has 2 aliphatic carbocycles. The minimum Gasteiger partial charge on any atom is -0.478 e. The van der Waals surface area contributed by atoms with E-state index in [0.29, 0.717) is 64.5 Å². The second-order valence-corrected chi connectivity index (χ2v) is 11.5.